The molecule has 2 rings (SSSR count). The Kier molecular flexibility index (Phi) is 4.09. The van der Waals surface area contributed by atoms with Crippen LogP contribution < -0.4 is 0 Å². The van der Waals surface area contributed by atoms with E-state index >= 15 is 0 Å². The predicted molar refractivity (Wildman–Crippen MR) is 64.7 cm³/mol. The van der Waals surface area contributed by atoms with Crippen LogP contribution in [0.1, 0.15) is 37.3 Å². The molecule has 1 atom stereocenters. The molecule has 17 heavy (non-hydrogen) atoms. The number of hydrogen-bond donors (Lipinski definition) is 1. The molecule has 0 spiro atoms. The fourth-order valence-corrected chi connectivity index (χ4v) is 2.43. The summed E-state index contributed by atoms with van der Waals surface area (Å²) < 4.78 is 0. The lowest BCUT2D eigenvalue weighted by Crippen LogP contribution is -2.35. The standard InChI is InChI=1S/C13H18N2O2/c16-13(17)9-12(11-5-4-6-14-10-11)15-7-2-1-3-8-15/h4-6,10,12H,1-3,7-9H2,(H,16,17)/t12-/m1/s1. The van der Waals surface area contributed by atoms with Gasteiger partial charge >= 0.3 is 5.97 Å². The van der Waals surface area contributed by atoms with Crippen LogP contribution in [0.15, 0.2) is 24.5 Å². The summed E-state index contributed by atoms with van der Waals surface area (Å²) >= 11 is 0. The van der Waals surface area contributed by atoms with Gasteiger partial charge in [-0.05, 0) is 37.6 Å². The fourth-order valence-electron chi connectivity index (χ4n) is 2.43. The molecule has 0 amide bonds. The number of piperidine rings is 1. The lowest BCUT2D eigenvalue weighted by atomic mass is 10.0. The normalized spacial score (nSPS) is 18.8. The third-order valence-electron chi connectivity index (χ3n) is 3.27. The molecule has 1 aromatic rings. The zero-order chi connectivity index (χ0) is 12.1. The molecule has 1 aliphatic rings. The van der Waals surface area contributed by atoms with Crippen molar-refractivity contribution in [1.82, 2.24) is 9.88 Å². The first kappa shape index (κ1) is 12.0. The second kappa shape index (κ2) is 5.77. The minimum absolute atomic E-state index is 0.0264. The van der Waals surface area contributed by atoms with Crippen molar-refractivity contribution in [2.24, 2.45) is 0 Å². The van der Waals surface area contributed by atoms with Crippen LogP contribution in [0.4, 0.5) is 0 Å². The summed E-state index contributed by atoms with van der Waals surface area (Å²) in [5.74, 6) is -0.746. The zero-order valence-corrected chi connectivity index (χ0v) is 9.88. The molecule has 0 bridgehead atoms. The number of likely N-dealkylation sites (tertiary alicyclic amines) is 1. The molecule has 92 valence electrons. The molecular formula is C13H18N2O2. The largest absolute Gasteiger partial charge is 0.481 e. The maximum Gasteiger partial charge on any atom is 0.305 e. The molecule has 2 heterocycles. The van der Waals surface area contributed by atoms with E-state index < -0.39 is 5.97 Å². The van der Waals surface area contributed by atoms with Crippen molar-refractivity contribution >= 4 is 5.97 Å². The van der Waals surface area contributed by atoms with Gasteiger partial charge in [0.05, 0.1) is 6.42 Å². The Morgan fingerprint density at radius 3 is 2.76 bits per heavy atom. The Bertz CT molecular complexity index is 361. The fraction of sp³-hybridized carbons (Fsp3) is 0.538. The average molecular weight is 234 g/mol. The molecule has 1 saturated heterocycles. The summed E-state index contributed by atoms with van der Waals surface area (Å²) in [5.41, 5.74) is 1.01. The maximum absolute atomic E-state index is 11.0. The second-order valence-electron chi connectivity index (χ2n) is 4.50. The predicted octanol–water partition coefficient (Wildman–Crippen LogP) is 2.08. The number of carbonyl (C=O) groups is 1. The van der Waals surface area contributed by atoms with E-state index in [4.69, 9.17) is 5.11 Å². The van der Waals surface area contributed by atoms with Crippen molar-refractivity contribution in [3.8, 4) is 0 Å². The topological polar surface area (TPSA) is 53.4 Å². The van der Waals surface area contributed by atoms with Gasteiger partial charge in [-0.3, -0.25) is 14.7 Å². The van der Waals surface area contributed by atoms with Crippen LogP contribution >= 0.6 is 0 Å². The van der Waals surface area contributed by atoms with Gasteiger partial charge in [-0.25, -0.2) is 0 Å². The molecule has 1 aliphatic heterocycles. The second-order valence-corrected chi connectivity index (χ2v) is 4.50. The van der Waals surface area contributed by atoms with Crippen LogP contribution in [-0.4, -0.2) is 34.0 Å². The third kappa shape index (κ3) is 3.27. The van der Waals surface area contributed by atoms with Gasteiger partial charge in [-0.15, -0.1) is 0 Å². The molecule has 0 radical (unpaired) electrons. The smallest absolute Gasteiger partial charge is 0.305 e. The Balaban J connectivity index is 2.15. The van der Waals surface area contributed by atoms with Gasteiger partial charge < -0.3 is 5.11 Å². The maximum atomic E-state index is 11.0. The lowest BCUT2D eigenvalue weighted by molar-refractivity contribution is -0.138. The van der Waals surface area contributed by atoms with E-state index in [9.17, 15) is 4.79 Å². The van der Waals surface area contributed by atoms with Crippen LogP contribution in [-0.2, 0) is 4.79 Å². The monoisotopic (exact) mass is 234 g/mol. The average Bonchev–Trinajstić information content (AvgIpc) is 2.38. The van der Waals surface area contributed by atoms with E-state index in [0.717, 1.165) is 31.5 Å². The SMILES string of the molecule is O=C(O)C[C@H](c1cccnc1)N1CCCCC1. The molecule has 1 aromatic heterocycles. The summed E-state index contributed by atoms with van der Waals surface area (Å²) in [6.07, 6.45) is 7.24. The Labute approximate surface area is 101 Å². The number of pyridine rings is 1. The van der Waals surface area contributed by atoms with Crippen LogP contribution in [0.25, 0.3) is 0 Å². The van der Waals surface area contributed by atoms with Crippen LogP contribution in [0.3, 0.4) is 0 Å². The molecule has 4 heteroatoms. The quantitative estimate of drug-likeness (QED) is 0.866. The van der Waals surface area contributed by atoms with Gasteiger partial charge in [0.1, 0.15) is 0 Å². The lowest BCUT2D eigenvalue weighted by Gasteiger charge is -2.33. The van der Waals surface area contributed by atoms with Gasteiger partial charge in [0, 0.05) is 18.4 Å². The highest BCUT2D eigenvalue weighted by molar-refractivity contribution is 5.67. The summed E-state index contributed by atoms with van der Waals surface area (Å²) in [4.78, 5) is 17.3. The first-order chi connectivity index (χ1) is 8.27. The van der Waals surface area contributed by atoms with Crippen molar-refractivity contribution in [3.63, 3.8) is 0 Å². The summed E-state index contributed by atoms with van der Waals surface area (Å²) in [7, 11) is 0. The first-order valence-electron chi connectivity index (χ1n) is 6.13. The molecule has 1 N–H and O–H groups in total. The van der Waals surface area contributed by atoms with Crippen molar-refractivity contribution in [3.05, 3.63) is 30.1 Å². The van der Waals surface area contributed by atoms with Crippen LogP contribution in [0.5, 0.6) is 0 Å². The van der Waals surface area contributed by atoms with Gasteiger partial charge in [-0.2, -0.15) is 0 Å². The van der Waals surface area contributed by atoms with Crippen molar-refractivity contribution in [2.75, 3.05) is 13.1 Å². The number of aromatic nitrogens is 1. The number of carboxylic acid groups (broad SMARTS) is 1. The van der Waals surface area contributed by atoms with E-state index in [-0.39, 0.29) is 12.5 Å². The number of rotatable bonds is 4. The van der Waals surface area contributed by atoms with Gasteiger partial charge in [-0.1, -0.05) is 12.5 Å². The number of hydrogen-bond acceptors (Lipinski definition) is 3. The van der Waals surface area contributed by atoms with Crippen molar-refractivity contribution in [2.45, 2.75) is 31.7 Å². The molecule has 0 unspecified atom stereocenters. The van der Waals surface area contributed by atoms with E-state index in [1.165, 1.54) is 6.42 Å². The van der Waals surface area contributed by atoms with E-state index in [1.54, 1.807) is 12.4 Å². The van der Waals surface area contributed by atoms with E-state index in [2.05, 4.69) is 9.88 Å². The first-order valence-corrected chi connectivity index (χ1v) is 6.13. The van der Waals surface area contributed by atoms with E-state index in [1.807, 2.05) is 12.1 Å². The summed E-state index contributed by atoms with van der Waals surface area (Å²) in [6, 6.07) is 3.81. The number of carboxylic acids is 1. The molecule has 1 fully saturated rings. The van der Waals surface area contributed by atoms with Gasteiger partial charge in [0.15, 0.2) is 0 Å². The molecular weight excluding hydrogens is 216 g/mol. The van der Waals surface area contributed by atoms with Crippen molar-refractivity contribution < 1.29 is 9.90 Å². The molecule has 0 saturated carbocycles. The van der Waals surface area contributed by atoms with Crippen molar-refractivity contribution in [1.29, 1.82) is 0 Å². The highest BCUT2D eigenvalue weighted by atomic mass is 16.4. The minimum atomic E-state index is -0.746. The van der Waals surface area contributed by atoms with Gasteiger partial charge in [0.2, 0.25) is 0 Å². The van der Waals surface area contributed by atoms with Crippen LogP contribution in [0, 0.1) is 0 Å². The minimum Gasteiger partial charge on any atom is -0.481 e. The third-order valence-corrected chi connectivity index (χ3v) is 3.27. The van der Waals surface area contributed by atoms with Gasteiger partial charge in [0.25, 0.3) is 0 Å². The zero-order valence-electron chi connectivity index (χ0n) is 9.88. The van der Waals surface area contributed by atoms with E-state index in [0.29, 0.717) is 0 Å². The Morgan fingerprint density at radius 2 is 2.18 bits per heavy atom. The highest BCUT2D eigenvalue weighted by Crippen LogP contribution is 2.26. The Morgan fingerprint density at radius 1 is 1.41 bits per heavy atom. The summed E-state index contributed by atoms with van der Waals surface area (Å²) in [6.45, 7) is 1.99. The number of nitrogens with zero attached hydrogens (tertiary/aromatic N) is 2. The molecule has 0 aliphatic carbocycles. The number of aliphatic carboxylic acids is 1. The highest BCUT2D eigenvalue weighted by Gasteiger charge is 2.24. The van der Waals surface area contributed by atoms with Crippen LogP contribution in [0.2, 0.25) is 0 Å². The Hall–Kier alpha value is -1.42. The molecule has 0 aromatic carbocycles. The molecule has 4 nitrogen and oxygen atoms in total. The summed E-state index contributed by atoms with van der Waals surface area (Å²) in [5, 5.41) is 9.03.